The van der Waals surface area contributed by atoms with Crippen LogP contribution < -0.4 is 11.1 Å². The topological polar surface area (TPSA) is 75.4 Å². The number of carbonyl (C=O) groups is 1. The molecule has 0 heterocycles. The molecule has 0 bridgehead atoms. The third-order valence-corrected chi connectivity index (χ3v) is 2.86. The molecule has 0 radical (unpaired) electrons. The van der Waals surface area contributed by atoms with Gasteiger partial charge in [0.15, 0.2) is 5.82 Å². The first kappa shape index (κ1) is 14.1. The molecule has 4 N–H and O–H groups in total. The summed E-state index contributed by atoms with van der Waals surface area (Å²) in [5.41, 5.74) is 5.83. The summed E-state index contributed by atoms with van der Waals surface area (Å²) in [6.45, 7) is 0. The Bertz CT molecular complexity index is 669. The summed E-state index contributed by atoms with van der Waals surface area (Å²) in [5.74, 6) is -2.88. The molecule has 0 aliphatic heterocycles. The summed E-state index contributed by atoms with van der Waals surface area (Å²) < 4.78 is 26.6. The molecular weight excluding hydrogens is 290 g/mol. The van der Waals surface area contributed by atoms with Crippen molar-refractivity contribution in [1.82, 2.24) is 0 Å². The van der Waals surface area contributed by atoms with Crippen molar-refractivity contribution in [3.8, 4) is 0 Å². The summed E-state index contributed by atoms with van der Waals surface area (Å²) in [6.07, 6.45) is 0. The average Bonchev–Trinajstić information content (AvgIpc) is 2.35. The van der Waals surface area contributed by atoms with Gasteiger partial charge in [-0.1, -0.05) is 11.6 Å². The van der Waals surface area contributed by atoms with Crippen LogP contribution in [0.3, 0.4) is 0 Å². The van der Waals surface area contributed by atoms with E-state index >= 15 is 0 Å². The standard InChI is InChI=1S/C13H9ClF2N2O2/c14-8-4-7(15)5-9(16)12(8)18-11-3-6(13(19)20)1-2-10(11)17/h1-5,18H,17H2,(H,19,20). The summed E-state index contributed by atoms with van der Waals surface area (Å²) in [6, 6.07) is 5.50. The van der Waals surface area contributed by atoms with E-state index in [0.717, 1.165) is 6.07 Å². The maximum Gasteiger partial charge on any atom is 0.335 e. The van der Waals surface area contributed by atoms with Gasteiger partial charge in [-0.05, 0) is 24.3 Å². The molecule has 0 fully saturated rings. The molecule has 0 saturated heterocycles. The van der Waals surface area contributed by atoms with Crippen molar-refractivity contribution >= 4 is 34.6 Å². The predicted octanol–water partition coefficient (Wildman–Crippen LogP) is 3.64. The number of halogens is 3. The van der Waals surface area contributed by atoms with E-state index < -0.39 is 17.6 Å². The van der Waals surface area contributed by atoms with Crippen LogP contribution in [0.4, 0.5) is 25.8 Å². The Balaban J connectivity index is 2.45. The van der Waals surface area contributed by atoms with Crippen LogP contribution in [-0.2, 0) is 0 Å². The lowest BCUT2D eigenvalue weighted by Gasteiger charge is -2.12. The van der Waals surface area contributed by atoms with E-state index in [0.29, 0.717) is 6.07 Å². The van der Waals surface area contributed by atoms with Crippen molar-refractivity contribution in [2.75, 3.05) is 11.1 Å². The molecule has 0 saturated carbocycles. The molecular formula is C13H9ClF2N2O2. The molecule has 0 atom stereocenters. The van der Waals surface area contributed by atoms with Gasteiger partial charge in [-0.3, -0.25) is 0 Å². The Morgan fingerprint density at radius 2 is 1.95 bits per heavy atom. The van der Waals surface area contributed by atoms with E-state index in [1.165, 1.54) is 18.2 Å². The lowest BCUT2D eigenvalue weighted by molar-refractivity contribution is 0.0697. The van der Waals surface area contributed by atoms with Crippen LogP contribution in [0.2, 0.25) is 5.02 Å². The molecule has 4 nitrogen and oxygen atoms in total. The van der Waals surface area contributed by atoms with Crippen LogP contribution in [-0.4, -0.2) is 11.1 Å². The lowest BCUT2D eigenvalue weighted by Crippen LogP contribution is -2.03. The second-order valence-electron chi connectivity index (χ2n) is 3.98. The van der Waals surface area contributed by atoms with E-state index in [9.17, 15) is 13.6 Å². The van der Waals surface area contributed by atoms with Crippen LogP contribution in [0, 0.1) is 11.6 Å². The summed E-state index contributed by atoms with van der Waals surface area (Å²) in [7, 11) is 0. The van der Waals surface area contributed by atoms with E-state index in [1.54, 1.807) is 0 Å². The highest BCUT2D eigenvalue weighted by Gasteiger charge is 2.13. The van der Waals surface area contributed by atoms with Crippen LogP contribution >= 0.6 is 11.6 Å². The fraction of sp³-hybridized carbons (Fsp3) is 0. The lowest BCUT2D eigenvalue weighted by atomic mass is 10.1. The largest absolute Gasteiger partial charge is 0.478 e. The van der Waals surface area contributed by atoms with E-state index in [2.05, 4.69) is 5.32 Å². The first-order valence-corrected chi connectivity index (χ1v) is 5.80. The van der Waals surface area contributed by atoms with Crippen LogP contribution in [0.25, 0.3) is 0 Å². The fourth-order valence-electron chi connectivity index (χ4n) is 1.59. The summed E-state index contributed by atoms with van der Waals surface area (Å²) in [5, 5.41) is 11.3. The average molecular weight is 299 g/mol. The van der Waals surface area contributed by atoms with Gasteiger partial charge in [0.25, 0.3) is 0 Å². The molecule has 0 aromatic heterocycles. The summed E-state index contributed by atoms with van der Waals surface area (Å²) >= 11 is 5.74. The molecule has 2 rings (SSSR count). The van der Waals surface area contributed by atoms with E-state index in [-0.39, 0.29) is 27.6 Å². The number of aromatic carboxylic acids is 1. The summed E-state index contributed by atoms with van der Waals surface area (Å²) in [4.78, 5) is 10.9. The first-order valence-electron chi connectivity index (χ1n) is 5.43. The number of hydrogen-bond donors (Lipinski definition) is 3. The number of carboxylic acid groups (broad SMARTS) is 1. The van der Waals surface area contributed by atoms with Gasteiger partial charge in [-0.15, -0.1) is 0 Å². The second kappa shape index (κ2) is 5.34. The number of rotatable bonds is 3. The molecule has 0 amide bonds. The van der Waals surface area contributed by atoms with Gasteiger partial charge in [0.2, 0.25) is 0 Å². The minimum Gasteiger partial charge on any atom is -0.478 e. The van der Waals surface area contributed by atoms with Gasteiger partial charge in [0.1, 0.15) is 5.82 Å². The van der Waals surface area contributed by atoms with E-state index in [4.69, 9.17) is 22.4 Å². The number of nitrogens with one attached hydrogen (secondary N) is 1. The smallest absolute Gasteiger partial charge is 0.335 e. The number of benzene rings is 2. The van der Waals surface area contributed by atoms with Crippen molar-refractivity contribution in [2.24, 2.45) is 0 Å². The van der Waals surface area contributed by atoms with E-state index in [1.807, 2.05) is 0 Å². The maximum atomic E-state index is 13.6. The third-order valence-electron chi connectivity index (χ3n) is 2.57. The third kappa shape index (κ3) is 2.80. The molecule has 2 aromatic carbocycles. The number of hydrogen-bond acceptors (Lipinski definition) is 3. The molecule has 0 unspecified atom stereocenters. The molecule has 104 valence electrons. The van der Waals surface area contributed by atoms with Crippen LogP contribution in [0.1, 0.15) is 10.4 Å². The van der Waals surface area contributed by atoms with Crippen molar-refractivity contribution in [3.63, 3.8) is 0 Å². The van der Waals surface area contributed by atoms with Gasteiger partial charge in [0, 0.05) is 6.07 Å². The highest BCUT2D eigenvalue weighted by atomic mass is 35.5. The zero-order chi connectivity index (χ0) is 14.9. The quantitative estimate of drug-likeness (QED) is 0.756. The van der Waals surface area contributed by atoms with Gasteiger partial charge < -0.3 is 16.2 Å². The predicted molar refractivity (Wildman–Crippen MR) is 72.5 cm³/mol. The Morgan fingerprint density at radius 3 is 2.55 bits per heavy atom. The zero-order valence-corrected chi connectivity index (χ0v) is 10.7. The highest BCUT2D eigenvalue weighted by Crippen LogP contribution is 2.32. The highest BCUT2D eigenvalue weighted by molar-refractivity contribution is 6.33. The molecule has 7 heteroatoms. The number of carboxylic acids is 1. The first-order chi connectivity index (χ1) is 9.38. The van der Waals surface area contributed by atoms with Crippen molar-refractivity contribution < 1.29 is 18.7 Å². The second-order valence-corrected chi connectivity index (χ2v) is 4.38. The Labute approximate surface area is 117 Å². The van der Waals surface area contributed by atoms with Gasteiger partial charge >= 0.3 is 5.97 Å². The van der Waals surface area contributed by atoms with Crippen LogP contribution in [0.15, 0.2) is 30.3 Å². The number of nitrogen functional groups attached to an aromatic ring is 1. The molecule has 0 spiro atoms. The zero-order valence-electron chi connectivity index (χ0n) is 9.95. The van der Waals surface area contributed by atoms with Gasteiger partial charge in [-0.25, -0.2) is 13.6 Å². The maximum absolute atomic E-state index is 13.6. The monoisotopic (exact) mass is 298 g/mol. The Morgan fingerprint density at radius 1 is 1.25 bits per heavy atom. The Kier molecular flexibility index (Phi) is 3.76. The molecule has 20 heavy (non-hydrogen) atoms. The Hall–Kier alpha value is -2.34. The SMILES string of the molecule is Nc1ccc(C(=O)O)cc1Nc1c(F)cc(F)cc1Cl. The minimum atomic E-state index is -1.15. The molecule has 0 aliphatic rings. The van der Waals surface area contributed by atoms with Crippen molar-refractivity contribution in [3.05, 3.63) is 52.6 Å². The normalized spacial score (nSPS) is 10.3. The van der Waals surface area contributed by atoms with Gasteiger partial charge in [-0.2, -0.15) is 0 Å². The number of anilines is 3. The van der Waals surface area contributed by atoms with Crippen molar-refractivity contribution in [1.29, 1.82) is 0 Å². The fourth-order valence-corrected chi connectivity index (χ4v) is 1.84. The van der Waals surface area contributed by atoms with Crippen molar-refractivity contribution in [2.45, 2.75) is 0 Å². The van der Waals surface area contributed by atoms with Gasteiger partial charge in [0.05, 0.1) is 27.6 Å². The molecule has 0 aliphatic carbocycles. The number of nitrogens with two attached hydrogens (primary N) is 1. The minimum absolute atomic E-state index is 0.0275. The molecule has 2 aromatic rings. The van der Waals surface area contributed by atoms with Crippen LogP contribution in [0.5, 0.6) is 0 Å².